The predicted molar refractivity (Wildman–Crippen MR) is 71.0 cm³/mol. The van der Waals surface area contributed by atoms with Gasteiger partial charge in [-0.25, -0.2) is 0 Å². The molecule has 2 rings (SSSR count). The summed E-state index contributed by atoms with van der Waals surface area (Å²) in [5.41, 5.74) is 6.23. The van der Waals surface area contributed by atoms with Crippen molar-refractivity contribution >= 4 is 5.69 Å². The van der Waals surface area contributed by atoms with Crippen LogP contribution in [0.5, 0.6) is 17.2 Å². The summed E-state index contributed by atoms with van der Waals surface area (Å²) < 4.78 is 11.3. The summed E-state index contributed by atoms with van der Waals surface area (Å²) >= 11 is 0. The molecule has 0 radical (unpaired) electrons. The Kier molecular flexibility index (Phi) is 4.02. The summed E-state index contributed by atoms with van der Waals surface area (Å²) in [4.78, 5) is 3.98. The van der Waals surface area contributed by atoms with E-state index in [1.54, 1.807) is 18.5 Å². The fourth-order valence-electron chi connectivity index (χ4n) is 1.48. The summed E-state index contributed by atoms with van der Waals surface area (Å²) in [5.74, 6) is 1.99. The van der Waals surface area contributed by atoms with E-state index in [9.17, 15) is 0 Å². The zero-order chi connectivity index (χ0) is 12.8. The number of pyridine rings is 1. The number of aromatic nitrogens is 1. The number of nitrogen functional groups attached to an aromatic ring is 1. The van der Waals surface area contributed by atoms with Crippen molar-refractivity contribution in [3.63, 3.8) is 0 Å². The first kappa shape index (κ1) is 12.2. The maximum absolute atomic E-state index is 5.72. The van der Waals surface area contributed by atoms with Crippen molar-refractivity contribution in [3.05, 3.63) is 42.7 Å². The molecule has 2 N–H and O–H groups in total. The molecule has 2 aromatic rings. The van der Waals surface area contributed by atoms with Crippen molar-refractivity contribution in [2.75, 3.05) is 12.3 Å². The Morgan fingerprint density at radius 2 is 1.94 bits per heavy atom. The number of benzene rings is 1. The van der Waals surface area contributed by atoms with Gasteiger partial charge in [0.05, 0.1) is 24.7 Å². The maximum atomic E-state index is 5.72. The minimum Gasteiger partial charge on any atom is -0.490 e. The monoisotopic (exact) mass is 244 g/mol. The van der Waals surface area contributed by atoms with Crippen LogP contribution in [0.3, 0.4) is 0 Å². The zero-order valence-corrected chi connectivity index (χ0v) is 10.3. The summed E-state index contributed by atoms with van der Waals surface area (Å²) in [6, 6.07) is 9.27. The molecule has 1 aromatic carbocycles. The SMILES string of the molecule is CCCOc1ccccc1Oc1cncc(N)c1. The van der Waals surface area contributed by atoms with Gasteiger partial charge >= 0.3 is 0 Å². The van der Waals surface area contributed by atoms with Gasteiger partial charge in [0.1, 0.15) is 5.75 Å². The van der Waals surface area contributed by atoms with Crippen molar-refractivity contribution in [1.82, 2.24) is 4.98 Å². The molecule has 1 heterocycles. The van der Waals surface area contributed by atoms with Crippen LogP contribution in [0.25, 0.3) is 0 Å². The average molecular weight is 244 g/mol. The van der Waals surface area contributed by atoms with Crippen LogP contribution in [0.4, 0.5) is 5.69 Å². The number of rotatable bonds is 5. The minimum atomic E-state index is 0.569. The number of para-hydroxylation sites is 2. The first-order valence-corrected chi connectivity index (χ1v) is 5.90. The van der Waals surface area contributed by atoms with E-state index < -0.39 is 0 Å². The van der Waals surface area contributed by atoms with Gasteiger partial charge < -0.3 is 15.2 Å². The fourth-order valence-corrected chi connectivity index (χ4v) is 1.48. The number of hydrogen-bond acceptors (Lipinski definition) is 4. The molecule has 0 unspecified atom stereocenters. The van der Waals surface area contributed by atoms with E-state index in [0.717, 1.165) is 12.2 Å². The maximum Gasteiger partial charge on any atom is 0.169 e. The molecule has 4 heteroatoms. The van der Waals surface area contributed by atoms with E-state index in [4.69, 9.17) is 15.2 Å². The van der Waals surface area contributed by atoms with Gasteiger partial charge in [-0.2, -0.15) is 0 Å². The van der Waals surface area contributed by atoms with Crippen molar-refractivity contribution in [1.29, 1.82) is 0 Å². The lowest BCUT2D eigenvalue weighted by Gasteiger charge is -2.11. The summed E-state index contributed by atoms with van der Waals surface area (Å²) in [6.07, 6.45) is 4.15. The van der Waals surface area contributed by atoms with Gasteiger partial charge in [0, 0.05) is 6.07 Å². The number of nitrogens with two attached hydrogens (primary N) is 1. The van der Waals surface area contributed by atoms with Gasteiger partial charge in [-0.05, 0) is 18.6 Å². The van der Waals surface area contributed by atoms with Crippen LogP contribution >= 0.6 is 0 Å². The van der Waals surface area contributed by atoms with E-state index in [1.165, 1.54) is 0 Å². The van der Waals surface area contributed by atoms with E-state index in [0.29, 0.717) is 23.8 Å². The lowest BCUT2D eigenvalue weighted by atomic mass is 10.3. The normalized spacial score (nSPS) is 10.1. The molecule has 0 saturated carbocycles. The van der Waals surface area contributed by atoms with E-state index in [1.807, 2.05) is 24.3 Å². The van der Waals surface area contributed by atoms with Gasteiger partial charge in [0.25, 0.3) is 0 Å². The molecule has 0 amide bonds. The minimum absolute atomic E-state index is 0.569. The van der Waals surface area contributed by atoms with Crippen LogP contribution in [0.2, 0.25) is 0 Å². The summed E-state index contributed by atoms with van der Waals surface area (Å²) in [6.45, 7) is 2.72. The smallest absolute Gasteiger partial charge is 0.169 e. The Morgan fingerprint density at radius 1 is 1.17 bits per heavy atom. The second-order valence-corrected chi connectivity index (χ2v) is 3.85. The third kappa shape index (κ3) is 3.13. The molecule has 0 aliphatic carbocycles. The van der Waals surface area contributed by atoms with Crippen LogP contribution in [-0.2, 0) is 0 Å². The summed E-state index contributed by atoms with van der Waals surface area (Å²) in [5, 5.41) is 0. The van der Waals surface area contributed by atoms with Crippen molar-refractivity contribution in [2.24, 2.45) is 0 Å². The van der Waals surface area contributed by atoms with Crippen LogP contribution in [0.15, 0.2) is 42.7 Å². The zero-order valence-electron chi connectivity index (χ0n) is 10.3. The van der Waals surface area contributed by atoms with Crippen molar-refractivity contribution < 1.29 is 9.47 Å². The highest BCUT2D eigenvalue weighted by Gasteiger charge is 2.05. The Morgan fingerprint density at radius 3 is 2.67 bits per heavy atom. The van der Waals surface area contributed by atoms with Gasteiger partial charge in [0.15, 0.2) is 11.5 Å². The molecule has 1 aromatic heterocycles. The van der Waals surface area contributed by atoms with Crippen molar-refractivity contribution in [3.8, 4) is 17.2 Å². The van der Waals surface area contributed by atoms with E-state index in [-0.39, 0.29) is 0 Å². The molecule has 0 saturated heterocycles. The first-order chi connectivity index (χ1) is 8.79. The highest BCUT2D eigenvalue weighted by Crippen LogP contribution is 2.31. The van der Waals surface area contributed by atoms with E-state index >= 15 is 0 Å². The molecule has 0 bridgehead atoms. The number of nitrogens with zero attached hydrogens (tertiary/aromatic N) is 1. The largest absolute Gasteiger partial charge is 0.490 e. The number of ether oxygens (including phenoxy) is 2. The quantitative estimate of drug-likeness (QED) is 0.877. The molecule has 4 nitrogen and oxygen atoms in total. The Hall–Kier alpha value is -2.23. The van der Waals surface area contributed by atoms with Gasteiger partial charge in [-0.3, -0.25) is 4.98 Å². The van der Waals surface area contributed by atoms with Crippen LogP contribution in [-0.4, -0.2) is 11.6 Å². The van der Waals surface area contributed by atoms with Gasteiger partial charge in [0.2, 0.25) is 0 Å². The standard InChI is InChI=1S/C14H16N2O2/c1-2-7-17-13-5-3-4-6-14(13)18-12-8-11(15)9-16-10-12/h3-6,8-10H,2,7,15H2,1H3. The van der Waals surface area contributed by atoms with Crippen LogP contribution < -0.4 is 15.2 Å². The molecule has 94 valence electrons. The lowest BCUT2D eigenvalue weighted by molar-refractivity contribution is 0.302. The highest BCUT2D eigenvalue weighted by molar-refractivity contribution is 5.45. The Balaban J connectivity index is 2.17. The molecule has 0 aliphatic rings. The molecule has 0 atom stereocenters. The van der Waals surface area contributed by atoms with Crippen LogP contribution in [0.1, 0.15) is 13.3 Å². The Labute approximate surface area is 106 Å². The predicted octanol–water partition coefficient (Wildman–Crippen LogP) is 3.24. The topological polar surface area (TPSA) is 57.4 Å². The average Bonchev–Trinajstić information content (AvgIpc) is 2.38. The Bertz CT molecular complexity index is 515. The summed E-state index contributed by atoms with van der Waals surface area (Å²) in [7, 11) is 0. The molecular formula is C14H16N2O2. The van der Waals surface area contributed by atoms with Crippen LogP contribution in [0, 0.1) is 0 Å². The molecule has 0 aliphatic heterocycles. The number of anilines is 1. The number of hydrogen-bond donors (Lipinski definition) is 1. The second kappa shape index (κ2) is 5.91. The second-order valence-electron chi connectivity index (χ2n) is 3.85. The third-order valence-electron chi connectivity index (χ3n) is 2.27. The molecule has 0 fully saturated rings. The molecular weight excluding hydrogens is 228 g/mol. The lowest BCUT2D eigenvalue weighted by Crippen LogP contribution is -1.97. The van der Waals surface area contributed by atoms with E-state index in [2.05, 4.69) is 11.9 Å². The first-order valence-electron chi connectivity index (χ1n) is 5.90. The van der Waals surface area contributed by atoms with Gasteiger partial charge in [-0.15, -0.1) is 0 Å². The molecule has 18 heavy (non-hydrogen) atoms. The fraction of sp³-hybridized carbons (Fsp3) is 0.214. The highest BCUT2D eigenvalue weighted by atomic mass is 16.5. The van der Waals surface area contributed by atoms with Crippen molar-refractivity contribution in [2.45, 2.75) is 13.3 Å². The van der Waals surface area contributed by atoms with Gasteiger partial charge in [-0.1, -0.05) is 19.1 Å². The molecule has 0 spiro atoms. The third-order valence-corrected chi connectivity index (χ3v) is 2.27.